The number of hydrogen-bond donors (Lipinski definition) is 1. The molecule has 0 spiro atoms. The van der Waals surface area contributed by atoms with Crippen LogP contribution >= 0.6 is 0 Å². The third kappa shape index (κ3) is 2.00. The van der Waals surface area contributed by atoms with Crippen molar-refractivity contribution in [1.82, 2.24) is 4.98 Å². The first kappa shape index (κ1) is 10.1. The molecule has 15 heavy (non-hydrogen) atoms. The highest BCUT2D eigenvalue weighted by molar-refractivity contribution is 5.79. The van der Waals surface area contributed by atoms with Crippen LogP contribution in [0, 0.1) is 6.92 Å². The zero-order chi connectivity index (χ0) is 11.1. The van der Waals surface area contributed by atoms with E-state index in [-0.39, 0.29) is 5.54 Å². The quantitative estimate of drug-likeness (QED) is 0.768. The molecule has 1 aromatic carbocycles. The molecule has 0 radical (unpaired) electrons. The van der Waals surface area contributed by atoms with Gasteiger partial charge in [0.2, 0.25) is 0 Å². The summed E-state index contributed by atoms with van der Waals surface area (Å²) < 4.78 is 0. The van der Waals surface area contributed by atoms with Crippen LogP contribution in [0.2, 0.25) is 0 Å². The summed E-state index contributed by atoms with van der Waals surface area (Å²) in [5.74, 6) is 0. The third-order valence-electron chi connectivity index (χ3n) is 2.56. The number of hydrogen-bond acceptors (Lipinski definition) is 2. The molecule has 2 aromatic rings. The molecule has 0 unspecified atom stereocenters. The van der Waals surface area contributed by atoms with Crippen molar-refractivity contribution < 1.29 is 0 Å². The molecule has 0 aliphatic heterocycles. The van der Waals surface area contributed by atoms with E-state index in [1.54, 1.807) is 0 Å². The van der Waals surface area contributed by atoms with Gasteiger partial charge in [-0.2, -0.15) is 0 Å². The average Bonchev–Trinajstić information content (AvgIpc) is 2.15. The summed E-state index contributed by atoms with van der Waals surface area (Å²) in [6.45, 7) is 6.07. The molecule has 1 heterocycles. The van der Waals surface area contributed by atoms with Crippen LogP contribution in [0.15, 0.2) is 30.5 Å². The van der Waals surface area contributed by atoms with Crippen LogP contribution in [0.4, 0.5) is 0 Å². The van der Waals surface area contributed by atoms with Crippen LogP contribution in [0.5, 0.6) is 0 Å². The van der Waals surface area contributed by atoms with E-state index in [9.17, 15) is 0 Å². The Morgan fingerprint density at radius 3 is 2.60 bits per heavy atom. The Labute approximate surface area is 90.1 Å². The molecular formula is C13H16N2. The maximum absolute atomic E-state index is 6.07. The zero-order valence-electron chi connectivity index (χ0n) is 9.41. The van der Waals surface area contributed by atoms with E-state index in [4.69, 9.17) is 5.73 Å². The van der Waals surface area contributed by atoms with E-state index in [1.807, 2.05) is 39.1 Å². The summed E-state index contributed by atoms with van der Waals surface area (Å²) in [7, 11) is 0. The molecule has 0 amide bonds. The van der Waals surface area contributed by atoms with Gasteiger partial charge >= 0.3 is 0 Å². The summed E-state index contributed by atoms with van der Waals surface area (Å²) >= 11 is 0. The van der Waals surface area contributed by atoms with E-state index in [0.717, 1.165) is 16.5 Å². The molecule has 78 valence electrons. The van der Waals surface area contributed by atoms with Crippen molar-refractivity contribution in [3.8, 4) is 0 Å². The maximum atomic E-state index is 6.07. The minimum Gasteiger partial charge on any atom is -0.322 e. The van der Waals surface area contributed by atoms with Gasteiger partial charge in [0.15, 0.2) is 0 Å². The largest absolute Gasteiger partial charge is 0.322 e. The number of rotatable bonds is 1. The van der Waals surface area contributed by atoms with Crippen LogP contribution in [-0.2, 0) is 5.54 Å². The van der Waals surface area contributed by atoms with Crippen LogP contribution in [-0.4, -0.2) is 4.98 Å². The van der Waals surface area contributed by atoms with Crippen molar-refractivity contribution in [2.45, 2.75) is 26.3 Å². The Bertz CT molecular complexity index is 495. The minimum absolute atomic E-state index is 0.294. The summed E-state index contributed by atoms with van der Waals surface area (Å²) in [4.78, 5) is 4.36. The molecule has 2 N–H and O–H groups in total. The fraction of sp³-hybridized carbons (Fsp3) is 0.308. The monoisotopic (exact) mass is 200 g/mol. The Morgan fingerprint density at radius 1 is 1.20 bits per heavy atom. The molecule has 2 heteroatoms. The molecule has 0 saturated heterocycles. The fourth-order valence-corrected chi connectivity index (χ4v) is 1.64. The van der Waals surface area contributed by atoms with Crippen molar-refractivity contribution in [1.29, 1.82) is 0 Å². The van der Waals surface area contributed by atoms with Crippen molar-refractivity contribution >= 4 is 10.9 Å². The lowest BCUT2D eigenvalue weighted by atomic mass is 9.94. The highest BCUT2D eigenvalue weighted by Gasteiger charge is 2.14. The number of benzene rings is 1. The number of fused-ring (bicyclic) bond motifs is 1. The molecule has 0 atom stereocenters. The Kier molecular flexibility index (Phi) is 2.24. The van der Waals surface area contributed by atoms with Crippen LogP contribution < -0.4 is 5.73 Å². The predicted molar refractivity (Wildman–Crippen MR) is 63.7 cm³/mol. The van der Waals surface area contributed by atoms with Crippen LogP contribution in [0.25, 0.3) is 10.9 Å². The van der Waals surface area contributed by atoms with E-state index < -0.39 is 0 Å². The number of nitrogens with two attached hydrogens (primary N) is 1. The SMILES string of the molecule is Cc1cnc2ccc(C(C)(C)N)cc2c1. The second-order valence-corrected chi connectivity index (χ2v) is 4.64. The lowest BCUT2D eigenvalue weighted by molar-refractivity contribution is 0.555. The fourth-order valence-electron chi connectivity index (χ4n) is 1.64. The first-order valence-electron chi connectivity index (χ1n) is 5.12. The van der Waals surface area contributed by atoms with Crippen molar-refractivity contribution in [3.05, 3.63) is 41.6 Å². The van der Waals surface area contributed by atoms with Crippen LogP contribution in [0.3, 0.4) is 0 Å². The molecule has 0 aliphatic rings. The van der Waals surface area contributed by atoms with E-state index in [0.29, 0.717) is 0 Å². The van der Waals surface area contributed by atoms with Gasteiger partial charge in [-0.1, -0.05) is 6.07 Å². The molecule has 0 fully saturated rings. The van der Waals surface area contributed by atoms with E-state index in [2.05, 4.69) is 17.1 Å². The third-order valence-corrected chi connectivity index (χ3v) is 2.56. The van der Waals surface area contributed by atoms with E-state index >= 15 is 0 Å². The standard InChI is InChI=1S/C13H16N2/c1-9-6-10-7-11(13(2,3)14)4-5-12(10)15-8-9/h4-8H,14H2,1-3H3. The van der Waals surface area contributed by atoms with Crippen molar-refractivity contribution in [2.75, 3.05) is 0 Å². The van der Waals surface area contributed by atoms with Gasteiger partial charge in [0, 0.05) is 17.1 Å². The molecule has 0 aliphatic carbocycles. The van der Waals surface area contributed by atoms with Gasteiger partial charge in [0.05, 0.1) is 5.52 Å². The maximum Gasteiger partial charge on any atom is 0.0702 e. The van der Waals surface area contributed by atoms with E-state index in [1.165, 1.54) is 5.56 Å². The van der Waals surface area contributed by atoms with Gasteiger partial charge < -0.3 is 5.73 Å². The topological polar surface area (TPSA) is 38.9 Å². The van der Waals surface area contributed by atoms with Gasteiger partial charge in [0.25, 0.3) is 0 Å². The summed E-state index contributed by atoms with van der Waals surface area (Å²) in [6, 6.07) is 8.33. The van der Waals surface area contributed by atoms with Crippen LogP contribution in [0.1, 0.15) is 25.0 Å². The predicted octanol–water partition coefficient (Wildman–Crippen LogP) is 2.74. The highest BCUT2D eigenvalue weighted by atomic mass is 14.7. The second-order valence-electron chi connectivity index (χ2n) is 4.64. The summed E-state index contributed by atoms with van der Waals surface area (Å²) in [5, 5.41) is 1.16. The van der Waals surface area contributed by atoms with Gasteiger partial charge in [-0.05, 0) is 50.1 Å². The number of pyridine rings is 1. The molecule has 0 saturated carbocycles. The minimum atomic E-state index is -0.294. The van der Waals surface area contributed by atoms with Gasteiger partial charge in [-0.3, -0.25) is 4.98 Å². The Balaban J connectivity index is 2.64. The summed E-state index contributed by atoms with van der Waals surface area (Å²) in [6.07, 6.45) is 1.88. The van der Waals surface area contributed by atoms with Gasteiger partial charge in [-0.15, -0.1) is 0 Å². The smallest absolute Gasteiger partial charge is 0.0702 e. The van der Waals surface area contributed by atoms with Crippen molar-refractivity contribution in [2.24, 2.45) is 5.73 Å². The molecule has 0 bridgehead atoms. The lowest BCUT2D eigenvalue weighted by Crippen LogP contribution is -2.28. The number of nitrogens with zero attached hydrogens (tertiary/aromatic N) is 1. The summed E-state index contributed by atoms with van der Waals surface area (Å²) in [5.41, 5.74) is 9.11. The number of aryl methyl sites for hydroxylation is 1. The first-order chi connectivity index (χ1) is 6.97. The average molecular weight is 200 g/mol. The molecule has 1 aromatic heterocycles. The van der Waals surface area contributed by atoms with Crippen molar-refractivity contribution in [3.63, 3.8) is 0 Å². The van der Waals surface area contributed by atoms with Gasteiger partial charge in [-0.25, -0.2) is 0 Å². The Morgan fingerprint density at radius 2 is 1.93 bits per heavy atom. The molecule has 2 nitrogen and oxygen atoms in total. The molecular weight excluding hydrogens is 184 g/mol. The lowest BCUT2D eigenvalue weighted by Gasteiger charge is -2.19. The first-order valence-corrected chi connectivity index (χ1v) is 5.12. The number of aromatic nitrogens is 1. The normalized spacial score (nSPS) is 12.0. The second kappa shape index (κ2) is 3.31. The molecule has 2 rings (SSSR count). The van der Waals surface area contributed by atoms with Gasteiger partial charge in [0.1, 0.15) is 0 Å². The Hall–Kier alpha value is -1.41. The zero-order valence-corrected chi connectivity index (χ0v) is 9.41. The highest BCUT2D eigenvalue weighted by Crippen LogP contribution is 2.22.